The fourth-order valence-electron chi connectivity index (χ4n) is 1.90. The number of aromatic nitrogens is 1. The molecule has 6 nitrogen and oxygen atoms in total. The van der Waals surface area contributed by atoms with Crippen molar-refractivity contribution in [2.24, 2.45) is 0 Å². The average Bonchev–Trinajstić information content (AvgIpc) is 2.54. The number of carbonyl (C=O) groups excluding carboxylic acids is 2. The van der Waals surface area contributed by atoms with Crippen LogP contribution in [0.1, 0.15) is 28.4 Å². The maximum Gasteiger partial charge on any atom is 0.344 e. The summed E-state index contributed by atoms with van der Waals surface area (Å²) >= 11 is 0. The fourth-order valence-corrected chi connectivity index (χ4v) is 1.90. The molecule has 0 spiro atoms. The third-order valence-electron chi connectivity index (χ3n) is 3.28. The molecule has 2 rings (SSSR count). The summed E-state index contributed by atoms with van der Waals surface area (Å²) in [5, 5.41) is 2.69. The maximum absolute atomic E-state index is 12.0. The molecule has 0 saturated heterocycles. The maximum atomic E-state index is 12.0. The van der Waals surface area contributed by atoms with Crippen molar-refractivity contribution in [2.75, 3.05) is 0 Å². The fraction of sp³-hybridized carbons (Fsp3) is 0.235. The second kappa shape index (κ2) is 7.40. The number of H-pyrrole nitrogens is 1. The Bertz CT molecular complexity index is 750. The van der Waals surface area contributed by atoms with E-state index in [9.17, 15) is 14.4 Å². The number of aromatic amines is 1. The van der Waals surface area contributed by atoms with Crippen molar-refractivity contribution in [1.29, 1.82) is 0 Å². The highest BCUT2D eigenvalue weighted by atomic mass is 16.5. The highest BCUT2D eigenvalue weighted by Crippen LogP contribution is 2.04. The van der Waals surface area contributed by atoms with Crippen LogP contribution in [0.3, 0.4) is 0 Å². The molecule has 1 aromatic heterocycles. The van der Waals surface area contributed by atoms with Gasteiger partial charge in [0.15, 0.2) is 6.10 Å². The van der Waals surface area contributed by atoms with E-state index in [-0.39, 0.29) is 5.56 Å². The van der Waals surface area contributed by atoms with Crippen molar-refractivity contribution in [2.45, 2.75) is 26.5 Å². The summed E-state index contributed by atoms with van der Waals surface area (Å²) in [7, 11) is 0. The lowest BCUT2D eigenvalue weighted by Gasteiger charge is -2.13. The molecule has 0 aliphatic carbocycles. The molecule has 0 saturated carbocycles. The number of aryl methyl sites for hydroxylation is 1. The summed E-state index contributed by atoms with van der Waals surface area (Å²) in [6.07, 6.45) is 0.421. The first-order valence-electron chi connectivity index (χ1n) is 7.19. The molecular formula is C17H18N2O4. The van der Waals surface area contributed by atoms with Gasteiger partial charge in [-0.1, -0.05) is 29.8 Å². The van der Waals surface area contributed by atoms with Crippen LogP contribution in [0.5, 0.6) is 0 Å². The van der Waals surface area contributed by atoms with Crippen LogP contribution in [0.2, 0.25) is 0 Å². The third kappa shape index (κ3) is 4.54. The van der Waals surface area contributed by atoms with Gasteiger partial charge in [0.05, 0.1) is 0 Å². The number of benzene rings is 1. The number of hydrogen-bond donors (Lipinski definition) is 2. The van der Waals surface area contributed by atoms with Crippen LogP contribution in [0.4, 0.5) is 0 Å². The van der Waals surface area contributed by atoms with E-state index >= 15 is 0 Å². The second-order valence-corrected chi connectivity index (χ2v) is 5.16. The minimum Gasteiger partial charge on any atom is -0.449 e. The van der Waals surface area contributed by atoms with Crippen LogP contribution >= 0.6 is 0 Å². The number of esters is 1. The zero-order valence-corrected chi connectivity index (χ0v) is 13.0. The van der Waals surface area contributed by atoms with E-state index < -0.39 is 23.5 Å². The molecule has 0 bridgehead atoms. The summed E-state index contributed by atoms with van der Waals surface area (Å²) in [5.41, 5.74) is 1.40. The number of hydrogen-bond acceptors (Lipinski definition) is 4. The van der Waals surface area contributed by atoms with Gasteiger partial charge in [-0.15, -0.1) is 0 Å². The number of carbonyl (C=O) groups is 2. The van der Waals surface area contributed by atoms with Crippen LogP contribution < -0.4 is 10.9 Å². The minimum atomic E-state index is -0.993. The van der Waals surface area contributed by atoms with Gasteiger partial charge in [-0.3, -0.25) is 9.59 Å². The topological polar surface area (TPSA) is 88.3 Å². The smallest absolute Gasteiger partial charge is 0.344 e. The van der Waals surface area contributed by atoms with E-state index in [1.807, 2.05) is 31.2 Å². The van der Waals surface area contributed by atoms with E-state index in [0.717, 1.165) is 11.1 Å². The van der Waals surface area contributed by atoms with Gasteiger partial charge < -0.3 is 15.0 Å². The highest BCUT2D eigenvalue weighted by Gasteiger charge is 2.20. The van der Waals surface area contributed by atoms with E-state index in [1.165, 1.54) is 25.3 Å². The van der Waals surface area contributed by atoms with Crippen molar-refractivity contribution in [3.05, 3.63) is 69.6 Å². The van der Waals surface area contributed by atoms with E-state index in [2.05, 4.69) is 10.3 Å². The Morgan fingerprint density at radius 1 is 1.22 bits per heavy atom. The molecule has 6 heteroatoms. The van der Waals surface area contributed by atoms with Crippen molar-refractivity contribution in [1.82, 2.24) is 10.3 Å². The van der Waals surface area contributed by atoms with Gasteiger partial charge in [0.25, 0.3) is 11.5 Å². The standard InChI is InChI=1S/C17H18N2O4/c1-11-5-7-13(8-6-11)10-19-15(20)12(2)23-17(22)14-4-3-9-18-16(14)21/h3-9,12H,10H2,1-2H3,(H,18,21)(H,19,20). The van der Waals surface area contributed by atoms with Crippen molar-refractivity contribution in [3.63, 3.8) is 0 Å². The van der Waals surface area contributed by atoms with Crippen LogP contribution in [0.25, 0.3) is 0 Å². The van der Waals surface area contributed by atoms with Crippen LogP contribution in [-0.4, -0.2) is 23.0 Å². The summed E-state index contributed by atoms with van der Waals surface area (Å²) in [6.45, 7) is 3.78. The van der Waals surface area contributed by atoms with Gasteiger partial charge in [0, 0.05) is 12.7 Å². The third-order valence-corrected chi connectivity index (χ3v) is 3.28. The monoisotopic (exact) mass is 314 g/mol. The van der Waals surface area contributed by atoms with Crippen molar-refractivity contribution < 1.29 is 14.3 Å². The SMILES string of the molecule is Cc1ccc(CNC(=O)C(C)OC(=O)c2ccc[nH]c2=O)cc1. The Balaban J connectivity index is 1.90. The van der Waals surface area contributed by atoms with Gasteiger partial charge in [0.2, 0.25) is 0 Å². The molecule has 2 aromatic rings. The van der Waals surface area contributed by atoms with Crippen LogP contribution in [0.15, 0.2) is 47.4 Å². The Morgan fingerprint density at radius 2 is 1.91 bits per heavy atom. The Hall–Kier alpha value is -2.89. The molecule has 1 atom stereocenters. The van der Waals surface area contributed by atoms with Crippen molar-refractivity contribution in [3.8, 4) is 0 Å². The molecule has 1 unspecified atom stereocenters. The predicted molar refractivity (Wildman–Crippen MR) is 85.0 cm³/mol. The molecule has 1 amide bonds. The lowest BCUT2D eigenvalue weighted by molar-refractivity contribution is -0.129. The number of ether oxygens (including phenoxy) is 1. The average molecular weight is 314 g/mol. The summed E-state index contributed by atoms with van der Waals surface area (Å²) in [6, 6.07) is 10.6. The zero-order valence-electron chi connectivity index (χ0n) is 13.0. The normalized spacial score (nSPS) is 11.6. The molecular weight excluding hydrogens is 296 g/mol. The van der Waals surface area contributed by atoms with Gasteiger partial charge in [-0.25, -0.2) is 4.79 Å². The lowest BCUT2D eigenvalue weighted by Crippen LogP contribution is -2.36. The zero-order chi connectivity index (χ0) is 16.8. The first-order chi connectivity index (χ1) is 11.0. The molecule has 0 radical (unpaired) electrons. The molecule has 1 heterocycles. The van der Waals surface area contributed by atoms with Crippen LogP contribution in [0, 0.1) is 6.92 Å². The second-order valence-electron chi connectivity index (χ2n) is 5.16. The largest absolute Gasteiger partial charge is 0.449 e. The Kier molecular flexibility index (Phi) is 5.30. The number of rotatable bonds is 5. The van der Waals surface area contributed by atoms with Gasteiger partial charge in [-0.2, -0.15) is 0 Å². The molecule has 1 aromatic carbocycles. The number of amides is 1. The number of pyridine rings is 1. The number of nitrogens with one attached hydrogen (secondary N) is 2. The Labute approximate surface area is 133 Å². The first-order valence-corrected chi connectivity index (χ1v) is 7.19. The molecule has 2 N–H and O–H groups in total. The van der Waals surface area contributed by atoms with Crippen molar-refractivity contribution >= 4 is 11.9 Å². The molecule has 0 aliphatic heterocycles. The van der Waals surface area contributed by atoms with E-state index in [1.54, 1.807) is 0 Å². The van der Waals surface area contributed by atoms with Gasteiger partial charge in [-0.05, 0) is 31.5 Å². The van der Waals surface area contributed by atoms with E-state index in [0.29, 0.717) is 6.54 Å². The minimum absolute atomic E-state index is 0.134. The van der Waals surface area contributed by atoms with Gasteiger partial charge in [0.1, 0.15) is 5.56 Å². The summed E-state index contributed by atoms with van der Waals surface area (Å²) < 4.78 is 5.02. The first kappa shape index (κ1) is 16.5. The van der Waals surface area contributed by atoms with E-state index in [4.69, 9.17) is 4.74 Å². The molecule has 120 valence electrons. The lowest BCUT2D eigenvalue weighted by atomic mass is 10.1. The molecule has 0 aliphatic rings. The highest BCUT2D eigenvalue weighted by molar-refractivity contribution is 5.91. The molecule has 0 fully saturated rings. The van der Waals surface area contributed by atoms with Gasteiger partial charge >= 0.3 is 5.97 Å². The summed E-state index contributed by atoms with van der Waals surface area (Å²) in [4.78, 5) is 37.7. The quantitative estimate of drug-likeness (QED) is 0.820. The van der Waals surface area contributed by atoms with Crippen LogP contribution in [-0.2, 0) is 16.1 Å². The molecule has 23 heavy (non-hydrogen) atoms. The predicted octanol–water partition coefficient (Wildman–Crippen LogP) is 1.55. The summed E-state index contributed by atoms with van der Waals surface area (Å²) in [5.74, 6) is -1.25. The Morgan fingerprint density at radius 3 is 2.57 bits per heavy atom.